The average molecular weight is 418 g/mol. The highest BCUT2D eigenvalue weighted by Gasteiger charge is 2.58. The average Bonchev–Trinajstić information content (AvgIpc) is 3.39. The second kappa shape index (κ2) is 9.06. The summed E-state index contributed by atoms with van der Waals surface area (Å²) in [6, 6.07) is 9.34. The lowest BCUT2D eigenvalue weighted by Gasteiger charge is -2.21. The summed E-state index contributed by atoms with van der Waals surface area (Å²) >= 11 is 0. The van der Waals surface area contributed by atoms with E-state index in [4.69, 9.17) is 19.3 Å². The zero-order valence-electron chi connectivity index (χ0n) is 16.9. The fourth-order valence-electron chi connectivity index (χ4n) is 4.89. The van der Waals surface area contributed by atoms with Crippen molar-refractivity contribution >= 4 is 5.97 Å². The van der Waals surface area contributed by atoms with E-state index in [1.807, 2.05) is 36.4 Å². The van der Waals surface area contributed by atoms with Gasteiger partial charge in [0.05, 0.1) is 24.9 Å². The van der Waals surface area contributed by atoms with E-state index in [1.165, 1.54) is 0 Å². The molecule has 3 N–H and O–H groups in total. The van der Waals surface area contributed by atoms with Gasteiger partial charge in [0, 0.05) is 17.8 Å². The molecule has 1 aromatic carbocycles. The Morgan fingerprint density at radius 3 is 2.90 bits per heavy atom. The van der Waals surface area contributed by atoms with E-state index in [0.29, 0.717) is 18.8 Å². The van der Waals surface area contributed by atoms with Gasteiger partial charge in [-0.2, -0.15) is 0 Å². The highest BCUT2D eigenvalue weighted by atomic mass is 16.5. The van der Waals surface area contributed by atoms with Crippen LogP contribution >= 0.6 is 0 Å². The van der Waals surface area contributed by atoms with Crippen molar-refractivity contribution in [3.63, 3.8) is 0 Å². The van der Waals surface area contributed by atoms with Crippen molar-refractivity contribution in [1.82, 2.24) is 0 Å². The second-order valence-corrected chi connectivity index (χ2v) is 8.77. The SMILES string of the molecule is O=C(O)COC1CC12CC[C@@H]1[C@@H](/C=C/[C@@H](O)COc3ccccc3)[C@H](O)C[C@@H]1OC2. The predicted molar refractivity (Wildman–Crippen MR) is 108 cm³/mol. The van der Waals surface area contributed by atoms with Crippen LogP contribution in [0.5, 0.6) is 5.75 Å². The standard InChI is InChI=1S/C23H30O7/c24-15(12-28-16-4-2-1-3-5-16)6-7-17-18-8-9-23(11-21(23)29-13-22(26)27)14-30-20(18)10-19(17)25/h1-7,15,17-21,24-25H,8-14H2,(H,26,27)/b7-6+/t15-,17-,18-,19-,20+,21?,23?/m1/s1. The van der Waals surface area contributed by atoms with Crippen molar-refractivity contribution in [3.05, 3.63) is 42.5 Å². The molecule has 0 aromatic heterocycles. The summed E-state index contributed by atoms with van der Waals surface area (Å²) in [5, 5.41) is 29.6. The molecule has 4 rings (SSSR count). The van der Waals surface area contributed by atoms with Gasteiger partial charge in [0.15, 0.2) is 0 Å². The van der Waals surface area contributed by atoms with Gasteiger partial charge in [-0.15, -0.1) is 0 Å². The number of rotatable bonds is 8. The molecule has 7 atom stereocenters. The molecule has 164 valence electrons. The fraction of sp³-hybridized carbons (Fsp3) is 0.609. The zero-order chi connectivity index (χ0) is 21.1. The van der Waals surface area contributed by atoms with E-state index < -0.39 is 18.2 Å². The Labute approximate surface area is 176 Å². The molecule has 1 aromatic rings. The summed E-state index contributed by atoms with van der Waals surface area (Å²) in [6.07, 6.45) is 5.48. The topological polar surface area (TPSA) is 105 Å². The van der Waals surface area contributed by atoms with Crippen molar-refractivity contribution in [1.29, 1.82) is 0 Å². The van der Waals surface area contributed by atoms with Crippen LogP contribution in [0.3, 0.4) is 0 Å². The Kier molecular flexibility index (Phi) is 6.43. The van der Waals surface area contributed by atoms with Crippen LogP contribution in [0, 0.1) is 17.3 Å². The van der Waals surface area contributed by atoms with Crippen molar-refractivity contribution in [2.45, 2.75) is 50.1 Å². The van der Waals surface area contributed by atoms with Crippen molar-refractivity contribution in [2.75, 3.05) is 19.8 Å². The summed E-state index contributed by atoms with van der Waals surface area (Å²) in [6.45, 7) is 0.432. The number of benzene rings is 1. The number of ether oxygens (including phenoxy) is 3. The van der Waals surface area contributed by atoms with E-state index in [1.54, 1.807) is 6.08 Å². The lowest BCUT2D eigenvalue weighted by atomic mass is 9.86. The molecule has 0 amide bonds. The maximum Gasteiger partial charge on any atom is 0.329 e. The Bertz CT molecular complexity index is 751. The molecular formula is C23H30O7. The second-order valence-electron chi connectivity index (χ2n) is 8.77. The lowest BCUT2D eigenvalue weighted by molar-refractivity contribution is -0.143. The number of hydrogen-bond donors (Lipinski definition) is 3. The quantitative estimate of drug-likeness (QED) is 0.555. The third-order valence-electron chi connectivity index (χ3n) is 6.69. The molecule has 1 spiro atoms. The molecular weight excluding hydrogens is 388 g/mol. The largest absolute Gasteiger partial charge is 0.491 e. The molecule has 0 bridgehead atoms. The summed E-state index contributed by atoms with van der Waals surface area (Å²) in [7, 11) is 0. The van der Waals surface area contributed by atoms with E-state index in [0.717, 1.165) is 19.3 Å². The monoisotopic (exact) mass is 418 g/mol. The molecule has 30 heavy (non-hydrogen) atoms. The number of carbonyl (C=O) groups is 1. The Morgan fingerprint density at radius 1 is 1.33 bits per heavy atom. The van der Waals surface area contributed by atoms with Crippen LogP contribution in [0.4, 0.5) is 0 Å². The van der Waals surface area contributed by atoms with Crippen LogP contribution in [0.1, 0.15) is 25.7 Å². The van der Waals surface area contributed by atoms with E-state index in [2.05, 4.69) is 0 Å². The van der Waals surface area contributed by atoms with Crippen LogP contribution in [0.25, 0.3) is 0 Å². The minimum Gasteiger partial charge on any atom is -0.491 e. The van der Waals surface area contributed by atoms with Gasteiger partial charge in [0.1, 0.15) is 25.1 Å². The molecule has 2 saturated carbocycles. The van der Waals surface area contributed by atoms with E-state index >= 15 is 0 Å². The summed E-state index contributed by atoms with van der Waals surface area (Å²) in [5.74, 6) is -0.142. The maximum absolute atomic E-state index is 10.7. The zero-order valence-corrected chi connectivity index (χ0v) is 16.9. The van der Waals surface area contributed by atoms with E-state index in [-0.39, 0.29) is 42.7 Å². The predicted octanol–water partition coefficient (Wildman–Crippen LogP) is 2.02. The molecule has 1 heterocycles. The first-order valence-electron chi connectivity index (χ1n) is 10.6. The van der Waals surface area contributed by atoms with Crippen LogP contribution in [0.2, 0.25) is 0 Å². The van der Waals surface area contributed by atoms with Crippen LogP contribution in [0.15, 0.2) is 42.5 Å². The van der Waals surface area contributed by atoms with Gasteiger partial charge < -0.3 is 29.5 Å². The maximum atomic E-state index is 10.7. The number of carboxylic acid groups (broad SMARTS) is 1. The number of carboxylic acids is 1. The molecule has 0 radical (unpaired) electrons. The van der Waals surface area contributed by atoms with Gasteiger partial charge in [-0.25, -0.2) is 4.79 Å². The van der Waals surface area contributed by atoms with Gasteiger partial charge in [-0.3, -0.25) is 0 Å². The Hall–Kier alpha value is -1.93. The first-order chi connectivity index (χ1) is 14.5. The summed E-state index contributed by atoms with van der Waals surface area (Å²) < 4.78 is 17.2. The van der Waals surface area contributed by atoms with Crippen molar-refractivity contribution in [2.24, 2.45) is 17.3 Å². The molecule has 3 aliphatic rings. The fourth-order valence-corrected chi connectivity index (χ4v) is 4.89. The van der Waals surface area contributed by atoms with Crippen molar-refractivity contribution in [3.8, 4) is 5.75 Å². The summed E-state index contributed by atoms with van der Waals surface area (Å²) in [5.41, 5.74) is -0.0813. The normalized spacial score (nSPS) is 36.4. The number of aliphatic carboxylic acids is 1. The highest BCUT2D eigenvalue weighted by molar-refractivity contribution is 5.68. The molecule has 7 nitrogen and oxygen atoms in total. The minimum atomic E-state index is -0.952. The van der Waals surface area contributed by atoms with Gasteiger partial charge in [0.2, 0.25) is 0 Å². The molecule has 2 unspecified atom stereocenters. The molecule has 3 fully saturated rings. The third-order valence-corrected chi connectivity index (χ3v) is 6.69. The Balaban J connectivity index is 1.30. The first kappa shape index (κ1) is 21.3. The minimum absolute atomic E-state index is 0.0209. The van der Waals surface area contributed by atoms with Crippen LogP contribution in [-0.2, 0) is 14.3 Å². The lowest BCUT2D eigenvalue weighted by Crippen LogP contribution is -2.22. The third kappa shape index (κ3) is 4.86. The number of para-hydroxylation sites is 1. The molecule has 2 aliphatic carbocycles. The van der Waals surface area contributed by atoms with Crippen LogP contribution < -0.4 is 4.74 Å². The first-order valence-corrected chi connectivity index (χ1v) is 10.6. The summed E-state index contributed by atoms with van der Waals surface area (Å²) in [4.78, 5) is 10.7. The number of hydrogen-bond acceptors (Lipinski definition) is 6. The number of aliphatic hydroxyl groups excluding tert-OH is 2. The molecule has 7 heteroatoms. The Morgan fingerprint density at radius 2 is 2.13 bits per heavy atom. The number of aliphatic hydroxyl groups is 2. The molecule has 1 aliphatic heterocycles. The van der Waals surface area contributed by atoms with Gasteiger partial charge in [-0.1, -0.05) is 30.4 Å². The molecule has 1 saturated heterocycles. The van der Waals surface area contributed by atoms with Gasteiger partial charge >= 0.3 is 5.97 Å². The van der Waals surface area contributed by atoms with Gasteiger partial charge in [0.25, 0.3) is 0 Å². The van der Waals surface area contributed by atoms with Crippen molar-refractivity contribution < 1.29 is 34.3 Å². The number of fused-ring (bicyclic) bond motifs is 1. The highest BCUT2D eigenvalue weighted by Crippen LogP contribution is 2.56. The van der Waals surface area contributed by atoms with Crippen LogP contribution in [-0.4, -0.2) is 65.5 Å². The smallest absolute Gasteiger partial charge is 0.329 e. The van der Waals surface area contributed by atoms with E-state index in [9.17, 15) is 15.0 Å². The van der Waals surface area contributed by atoms with Gasteiger partial charge in [-0.05, 0) is 37.3 Å².